The Hall–Kier alpha value is -5.33. The number of carbonyl (C=O) groups is 2. The minimum Gasteiger partial charge on any atom is -0.508 e. The molecule has 0 saturated carbocycles. The lowest BCUT2D eigenvalue weighted by atomic mass is 9.91. The number of aromatic nitrogens is 2. The fourth-order valence-corrected chi connectivity index (χ4v) is 5.69. The Kier molecular flexibility index (Phi) is 14.5. The van der Waals surface area contributed by atoms with Gasteiger partial charge in [-0.2, -0.15) is 0 Å². The number of carbonyl (C=O) groups excluding carboxylic acids is 2. The van der Waals surface area contributed by atoms with Gasteiger partial charge in [-0.05, 0) is 57.0 Å². The number of esters is 2. The molecule has 4 aromatic rings. The Bertz CT molecular complexity index is 1740. The Morgan fingerprint density at radius 2 is 1.63 bits per heavy atom. The second kappa shape index (κ2) is 19.9. The van der Waals surface area contributed by atoms with Crippen LogP contribution in [0.3, 0.4) is 0 Å². The second-order valence-corrected chi connectivity index (χ2v) is 11.9. The van der Waals surface area contributed by atoms with Crippen LogP contribution in [0.15, 0.2) is 97.6 Å². The van der Waals surface area contributed by atoms with Crippen LogP contribution in [-0.4, -0.2) is 66.2 Å². The summed E-state index contributed by atoms with van der Waals surface area (Å²) in [6, 6.07) is 19.5. The van der Waals surface area contributed by atoms with Gasteiger partial charge in [0.25, 0.3) is 0 Å². The molecule has 1 saturated heterocycles. The normalized spacial score (nSPS) is 17.1. The molecule has 5 rings (SSSR count). The monoisotopic (exact) mass is 714 g/mol. The molecule has 0 bridgehead atoms. The van der Waals surface area contributed by atoms with E-state index in [2.05, 4.69) is 4.98 Å². The van der Waals surface area contributed by atoms with Gasteiger partial charge in [0.1, 0.15) is 31.3 Å². The number of imidazole rings is 1. The largest absolute Gasteiger partial charge is 0.508 e. The smallest absolute Gasteiger partial charge is 0.338 e. The molecule has 0 amide bonds. The molecule has 1 aliphatic heterocycles. The standard InChI is InChI=1S/C40H46N2O10/c1-3-46-37(44)17-7-5-6-12-30-27-51-40(52-38(30)31-13-8-10-15-33(31)43)32-14-9-11-16-34(32)49-24-25-50-36-26-29(39(45)47-4-2)18-19-35(36)48-23-22-42-21-20-41-28-42/h5-6,8-11,13-16,18-21,26,28,30,38,40,43H,3-4,7,12,17,22-25,27H2,1-2H3/b6-5-/t30-,38+,40+/m1/s1. The molecule has 12 heteroatoms. The van der Waals surface area contributed by atoms with Crippen LogP contribution in [0.5, 0.6) is 23.0 Å². The molecule has 12 nitrogen and oxygen atoms in total. The molecule has 0 radical (unpaired) electrons. The van der Waals surface area contributed by atoms with E-state index in [-0.39, 0.29) is 37.5 Å². The number of aromatic hydroxyl groups is 1. The van der Waals surface area contributed by atoms with Gasteiger partial charge in [-0.3, -0.25) is 4.79 Å². The number of hydrogen-bond acceptors (Lipinski definition) is 11. The van der Waals surface area contributed by atoms with Gasteiger partial charge in [0, 0.05) is 35.9 Å². The van der Waals surface area contributed by atoms with Crippen molar-refractivity contribution in [2.45, 2.75) is 52.0 Å². The number of ether oxygens (including phenoxy) is 7. The third-order valence-corrected chi connectivity index (χ3v) is 8.22. The number of phenolic OH excluding ortho intramolecular Hbond substituents is 1. The van der Waals surface area contributed by atoms with Crippen LogP contribution in [0, 0.1) is 5.92 Å². The molecule has 276 valence electrons. The molecule has 0 spiro atoms. The van der Waals surface area contributed by atoms with E-state index < -0.39 is 18.4 Å². The molecule has 0 unspecified atom stereocenters. The van der Waals surface area contributed by atoms with E-state index in [9.17, 15) is 14.7 Å². The first kappa shape index (κ1) is 37.9. The van der Waals surface area contributed by atoms with Crippen LogP contribution >= 0.6 is 0 Å². The van der Waals surface area contributed by atoms with Gasteiger partial charge in [-0.25, -0.2) is 9.78 Å². The van der Waals surface area contributed by atoms with Crippen LogP contribution in [0.4, 0.5) is 0 Å². The van der Waals surface area contributed by atoms with Gasteiger partial charge < -0.3 is 42.8 Å². The van der Waals surface area contributed by atoms with Crippen LogP contribution in [-0.2, 0) is 30.3 Å². The van der Waals surface area contributed by atoms with E-state index in [4.69, 9.17) is 33.2 Å². The quantitative estimate of drug-likeness (QED) is 0.0611. The molecular formula is C40H46N2O10. The summed E-state index contributed by atoms with van der Waals surface area (Å²) in [5.41, 5.74) is 1.71. The zero-order valence-corrected chi connectivity index (χ0v) is 29.6. The first-order valence-corrected chi connectivity index (χ1v) is 17.6. The Labute approximate surface area is 303 Å². The SMILES string of the molecule is CCOC(=O)CC/C=C\C[C@@H]1CO[C@H](c2ccccc2OCCOc2cc(C(=O)OCC)ccc2OCCn2ccnc2)O[C@@H]1c1ccccc1O. The molecule has 1 aromatic heterocycles. The highest BCUT2D eigenvalue weighted by Gasteiger charge is 2.35. The average molecular weight is 715 g/mol. The summed E-state index contributed by atoms with van der Waals surface area (Å²) >= 11 is 0. The number of nitrogens with zero attached hydrogens (tertiary/aromatic N) is 2. The van der Waals surface area contributed by atoms with Crippen LogP contribution in [0.2, 0.25) is 0 Å². The van der Waals surface area contributed by atoms with Crippen molar-refractivity contribution in [2.24, 2.45) is 5.92 Å². The maximum atomic E-state index is 12.4. The van der Waals surface area contributed by atoms with E-state index >= 15 is 0 Å². The van der Waals surface area contributed by atoms with E-state index in [1.54, 1.807) is 56.7 Å². The molecule has 0 aliphatic carbocycles. The van der Waals surface area contributed by atoms with Gasteiger partial charge in [-0.1, -0.05) is 48.6 Å². The number of hydrogen-bond donors (Lipinski definition) is 1. The molecule has 1 N–H and O–H groups in total. The number of benzene rings is 3. The van der Waals surface area contributed by atoms with Gasteiger partial charge in [-0.15, -0.1) is 0 Å². The van der Waals surface area contributed by atoms with E-state index in [1.807, 2.05) is 59.3 Å². The zero-order valence-electron chi connectivity index (χ0n) is 29.6. The van der Waals surface area contributed by atoms with Crippen molar-refractivity contribution in [3.63, 3.8) is 0 Å². The molecular weight excluding hydrogens is 668 g/mol. The third-order valence-electron chi connectivity index (χ3n) is 8.22. The molecule has 3 atom stereocenters. The predicted octanol–water partition coefficient (Wildman–Crippen LogP) is 6.99. The molecule has 52 heavy (non-hydrogen) atoms. The fraction of sp³-hybridized carbons (Fsp3) is 0.375. The number of para-hydroxylation sites is 2. The Morgan fingerprint density at radius 1 is 0.885 bits per heavy atom. The Morgan fingerprint density at radius 3 is 2.40 bits per heavy atom. The molecule has 1 aliphatic rings. The minimum atomic E-state index is -0.762. The lowest BCUT2D eigenvalue weighted by Crippen LogP contribution is -2.30. The predicted molar refractivity (Wildman–Crippen MR) is 191 cm³/mol. The number of rotatable bonds is 19. The second-order valence-electron chi connectivity index (χ2n) is 11.9. The summed E-state index contributed by atoms with van der Waals surface area (Å²) < 4.78 is 43.2. The topological polar surface area (TPSA) is 137 Å². The van der Waals surface area contributed by atoms with Crippen molar-refractivity contribution in [3.8, 4) is 23.0 Å². The Balaban J connectivity index is 1.22. The summed E-state index contributed by atoms with van der Waals surface area (Å²) in [4.78, 5) is 28.2. The molecule has 2 heterocycles. The maximum absolute atomic E-state index is 12.4. The first-order chi connectivity index (χ1) is 25.5. The molecule has 3 aromatic carbocycles. The van der Waals surface area contributed by atoms with Crippen molar-refractivity contribution in [2.75, 3.05) is 39.6 Å². The fourth-order valence-electron chi connectivity index (χ4n) is 5.69. The van der Waals surface area contributed by atoms with E-state index in [0.29, 0.717) is 79.6 Å². The van der Waals surface area contributed by atoms with Gasteiger partial charge in [0.05, 0.1) is 44.4 Å². The van der Waals surface area contributed by atoms with Crippen molar-refractivity contribution in [3.05, 3.63) is 114 Å². The minimum absolute atomic E-state index is 0.0911. The highest BCUT2D eigenvalue weighted by molar-refractivity contribution is 5.90. The van der Waals surface area contributed by atoms with Crippen molar-refractivity contribution < 1.29 is 47.9 Å². The highest BCUT2D eigenvalue weighted by Crippen LogP contribution is 2.44. The van der Waals surface area contributed by atoms with Gasteiger partial charge in [0.2, 0.25) is 0 Å². The maximum Gasteiger partial charge on any atom is 0.338 e. The summed E-state index contributed by atoms with van der Waals surface area (Å²) in [5, 5.41) is 10.8. The molecule has 1 fully saturated rings. The van der Waals surface area contributed by atoms with Crippen molar-refractivity contribution >= 4 is 11.9 Å². The summed E-state index contributed by atoms with van der Waals surface area (Å²) in [7, 11) is 0. The van der Waals surface area contributed by atoms with Crippen LogP contribution in [0.25, 0.3) is 0 Å². The third kappa shape index (κ3) is 10.8. The van der Waals surface area contributed by atoms with Gasteiger partial charge in [0.15, 0.2) is 17.8 Å². The van der Waals surface area contributed by atoms with Crippen LogP contribution < -0.4 is 14.2 Å². The van der Waals surface area contributed by atoms with Crippen molar-refractivity contribution in [1.82, 2.24) is 9.55 Å². The number of allylic oxidation sites excluding steroid dienone is 2. The van der Waals surface area contributed by atoms with E-state index in [0.717, 1.165) is 0 Å². The van der Waals surface area contributed by atoms with Gasteiger partial charge >= 0.3 is 11.9 Å². The highest BCUT2D eigenvalue weighted by atomic mass is 16.7. The van der Waals surface area contributed by atoms with E-state index in [1.165, 1.54) is 0 Å². The average Bonchev–Trinajstić information content (AvgIpc) is 3.68. The zero-order chi connectivity index (χ0) is 36.5. The van der Waals surface area contributed by atoms with Crippen LogP contribution in [0.1, 0.15) is 67.0 Å². The van der Waals surface area contributed by atoms with Crippen molar-refractivity contribution in [1.29, 1.82) is 0 Å². The summed E-state index contributed by atoms with van der Waals surface area (Å²) in [5.74, 6) is 0.800. The first-order valence-electron chi connectivity index (χ1n) is 17.6. The summed E-state index contributed by atoms with van der Waals surface area (Å²) in [6.07, 6.45) is 9.52. The summed E-state index contributed by atoms with van der Waals surface area (Å²) in [6.45, 7) is 5.79. The lowest BCUT2D eigenvalue weighted by Gasteiger charge is -2.37. The number of phenols is 1. The lowest BCUT2D eigenvalue weighted by molar-refractivity contribution is -0.244.